The summed E-state index contributed by atoms with van der Waals surface area (Å²) in [6.07, 6.45) is 3.33. The summed E-state index contributed by atoms with van der Waals surface area (Å²) in [7, 11) is 0. The minimum Gasteiger partial charge on any atom is -0.270 e. The summed E-state index contributed by atoms with van der Waals surface area (Å²) in [4.78, 5) is 34.4. The normalized spacial score (nSPS) is 13.7. The number of rotatable bonds is 2. The molecule has 1 aliphatic heterocycles. The molecule has 0 radical (unpaired) electrons. The molecule has 0 saturated heterocycles. The highest BCUT2D eigenvalue weighted by atomic mass is 16.2. The van der Waals surface area contributed by atoms with Crippen LogP contribution in [0, 0.1) is 0 Å². The Morgan fingerprint density at radius 3 is 2.36 bits per heavy atom. The summed E-state index contributed by atoms with van der Waals surface area (Å²) in [5, 5.41) is 0.886. The maximum atomic E-state index is 12.3. The molecule has 0 N–H and O–H groups in total. The molecule has 2 aromatic heterocycles. The molecule has 0 spiro atoms. The van der Waals surface area contributed by atoms with E-state index < -0.39 is 0 Å². The third-order valence-electron chi connectivity index (χ3n) is 3.73. The fraction of sp³-hybridized carbons (Fsp3) is 0.0588. The van der Waals surface area contributed by atoms with Gasteiger partial charge in [0, 0.05) is 17.8 Å². The molecule has 0 bridgehead atoms. The van der Waals surface area contributed by atoms with Crippen molar-refractivity contribution in [1.82, 2.24) is 14.9 Å². The lowest BCUT2D eigenvalue weighted by Gasteiger charge is -2.13. The quantitative estimate of drug-likeness (QED) is 0.680. The van der Waals surface area contributed by atoms with Crippen LogP contribution in [0.25, 0.3) is 11.0 Å². The van der Waals surface area contributed by atoms with Crippen LogP contribution in [0.4, 0.5) is 0 Å². The van der Waals surface area contributed by atoms with Crippen LogP contribution >= 0.6 is 0 Å². The maximum Gasteiger partial charge on any atom is 0.261 e. The SMILES string of the molecule is O=C1c2ccccc2C(=O)N1Cc1cnc2ncccc2c1. The molecule has 1 aliphatic rings. The average molecular weight is 289 g/mol. The molecule has 3 aromatic rings. The molecule has 0 atom stereocenters. The van der Waals surface area contributed by atoms with E-state index in [4.69, 9.17) is 0 Å². The number of imide groups is 1. The van der Waals surface area contributed by atoms with Crippen molar-refractivity contribution in [1.29, 1.82) is 0 Å². The van der Waals surface area contributed by atoms with Crippen molar-refractivity contribution < 1.29 is 9.59 Å². The highest BCUT2D eigenvalue weighted by Crippen LogP contribution is 2.24. The number of fused-ring (bicyclic) bond motifs is 2. The maximum absolute atomic E-state index is 12.3. The monoisotopic (exact) mass is 289 g/mol. The Morgan fingerprint density at radius 2 is 1.64 bits per heavy atom. The molecule has 0 saturated carbocycles. The van der Waals surface area contributed by atoms with Crippen LogP contribution in [-0.2, 0) is 6.54 Å². The van der Waals surface area contributed by atoms with E-state index in [0.717, 1.165) is 10.9 Å². The largest absolute Gasteiger partial charge is 0.270 e. The predicted molar refractivity (Wildman–Crippen MR) is 80.2 cm³/mol. The van der Waals surface area contributed by atoms with E-state index in [9.17, 15) is 9.59 Å². The van der Waals surface area contributed by atoms with Crippen molar-refractivity contribution in [2.45, 2.75) is 6.54 Å². The third-order valence-corrected chi connectivity index (χ3v) is 3.73. The number of benzene rings is 1. The van der Waals surface area contributed by atoms with Crippen molar-refractivity contribution in [3.8, 4) is 0 Å². The van der Waals surface area contributed by atoms with Crippen molar-refractivity contribution in [3.63, 3.8) is 0 Å². The van der Waals surface area contributed by atoms with Crippen LogP contribution in [0.15, 0.2) is 54.9 Å². The molecule has 3 heterocycles. The van der Waals surface area contributed by atoms with Gasteiger partial charge in [-0.15, -0.1) is 0 Å². The van der Waals surface area contributed by atoms with E-state index in [1.807, 2.05) is 18.2 Å². The highest BCUT2D eigenvalue weighted by molar-refractivity contribution is 6.21. The smallest absolute Gasteiger partial charge is 0.261 e. The van der Waals surface area contributed by atoms with E-state index in [2.05, 4.69) is 9.97 Å². The molecular formula is C17H11N3O2. The van der Waals surface area contributed by atoms with Crippen LogP contribution in [-0.4, -0.2) is 26.7 Å². The molecule has 0 fully saturated rings. The average Bonchev–Trinajstić information content (AvgIpc) is 2.80. The van der Waals surface area contributed by atoms with Gasteiger partial charge >= 0.3 is 0 Å². The summed E-state index contributed by atoms with van der Waals surface area (Å²) >= 11 is 0. The van der Waals surface area contributed by atoms with Gasteiger partial charge in [-0.05, 0) is 35.9 Å². The second-order valence-electron chi connectivity index (χ2n) is 5.14. The number of carbonyl (C=O) groups excluding carboxylic acids is 2. The summed E-state index contributed by atoms with van der Waals surface area (Å²) in [5.74, 6) is -0.515. The van der Waals surface area contributed by atoms with Crippen LogP contribution in [0.3, 0.4) is 0 Å². The van der Waals surface area contributed by atoms with Gasteiger partial charge in [0.25, 0.3) is 11.8 Å². The summed E-state index contributed by atoms with van der Waals surface area (Å²) in [5.41, 5.74) is 2.37. The zero-order valence-corrected chi connectivity index (χ0v) is 11.6. The Bertz CT molecular complexity index is 885. The van der Waals surface area contributed by atoms with Crippen LogP contribution in [0.5, 0.6) is 0 Å². The summed E-state index contributed by atoms with van der Waals surface area (Å²) < 4.78 is 0. The molecule has 2 amide bonds. The Kier molecular flexibility index (Phi) is 2.72. The van der Waals surface area contributed by atoms with Crippen LogP contribution < -0.4 is 0 Å². The minimum atomic E-state index is -0.258. The van der Waals surface area contributed by atoms with Crippen molar-refractivity contribution in [3.05, 3.63) is 71.5 Å². The Morgan fingerprint density at radius 1 is 0.909 bits per heavy atom. The summed E-state index contributed by atoms with van der Waals surface area (Å²) in [6.45, 7) is 0.212. The zero-order valence-electron chi connectivity index (χ0n) is 11.6. The lowest BCUT2D eigenvalue weighted by Crippen LogP contribution is -2.29. The Hall–Kier alpha value is -3.08. The second kappa shape index (κ2) is 4.73. The van der Waals surface area contributed by atoms with Gasteiger partial charge < -0.3 is 0 Å². The van der Waals surface area contributed by atoms with E-state index >= 15 is 0 Å². The van der Waals surface area contributed by atoms with Crippen molar-refractivity contribution in [2.24, 2.45) is 0 Å². The number of amides is 2. The molecule has 1 aromatic carbocycles. The third kappa shape index (κ3) is 1.87. The van der Waals surface area contributed by atoms with Gasteiger partial charge in [0.05, 0.1) is 17.7 Å². The van der Waals surface area contributed by atoms with E-state index in [0.29, 0.717) is 16.8 Å². The van der Waals surface area contributed by atoms with Gasteiger partial charge in [-0.3, -0.25) is 14.5 Å². The molecule has 0 aliphatic carbocycles. The lowest BCUT2D eigenvalue weighted by molar-refractivity contribution is 0.0642. The number of aromatic nitrogens is 2. The lowest BCUT2D eigenvalue weighted by atomic mass is 10.1. The minimum absolute atomic E-state index is 0.212. The molecular weight excluding hydrogens is 278 g/mol. The zero-order chi connectivity index (χ0) is 15.1. The Balaban J connectivity index is 1.69. The first kappa shape index (κ1) is 12.6. The predicted octanol–water partition coefficient (Wildman–Crippen LogP) is 2.43. The van der Waals surface area contributed by atoms with Gasteiger partial charge in [0.2, 0.25) is 0 Å². The van der Waals surface area contributed by atoms with Crippen molar-refractivity contribution >= 4 is 22.8 Å². The van der Waals surface area contributed by atoms with Crippen molar-refractivity contribution in [2.75, 3.05) is 0 Å². The van der Waals surface area contributed by atoms with Gasteiger partial charge in [0.15, 0.2) is 5.65 Å². The molecule has 5 nitrogen and oxygen atoms in total. The standard InChI is InChI=1S/C17H11N3O2/c21-16-13-5-1-2-6-14(13)17(22)20(16)10-11-8-12-4-3-7-18-15(12)19-9-11/h1-9H,10H2. The van der Waals surface area contributed by atoms with Gasteiger partial charge in [-0.2, -0.15) is 0 Å². The number of hydrogen-bond donors (Lipinski definition) is 0. The first-order valence-electron chi connectivity index (χ1n) is 6.89. The topological polar surface area (TPSA) is 63.2 Å². The number of hydrogen-bond acceptors (Lipinski definition) is 4. The first-order valence-corrected chi connectivity index (χ1v) is 6.89. The summed E-state index contributed by atoms with van der Waals surface area (Å²) in [6, 6.07) is 12.5. The number of carbonyl (C=O) groups is 2. The van der Waals surface area contributed by atoms with Gasteiger partial charge in [-0.25, -0.2) is 9.97 Å². The van der Waals surface area contributed by atoms with E-state index in [1.165, 1.54) is 4.90 Å². The molecule has 0 unspecified atom stereocenters. The molecule has 106 valence electrons. The number of pyridine rings is 2. The highest BCUT2D eigenvalue weighted by Gasteiger charge is 2.34. The molecule has 5 heteroatoms. The van der Waals surface area contributed by atoms with E-state index in [-0.39, 0.29) is 18.4 Å². The number of nitrogens with zero attached hydrogens (tertiary/aromatic N) is 3. The molecule has 22 heavy (non-hydrogen) atoms. The fourth-order valence-electron chi connectivity index (χ4n) is 2.66. The first-order chi connectivity index (χ1) is 10.7. The second-order valence-corrected chi connectivity index (χ2v) is 5.14. The van der Waals surface area contributed by atoms with Crippen LogP contribution in [0.2, 0.25) is 0 Å². The van der Waals surface area contributed by atoms with Crippen LogP contribution in [0.1, 0.15) is 26.3 Å². The van der Waals surface area contributed by atoms with E-state index in [1.54, 1.807) is 36.7 Å². The van der Waals surface area contributed by atoms with Gasteiger partial charge in [-0.1, -0.05) is 12.1 Å². The molecule has 4 rings (SSSR count). The Labute approximate surface area is 126 Å². The fourth-order valence-corrected chi connectivity index (χ4v) is 2.66. The van der Waals surface area contributed by atoms with Gasteiger partial charge in [0.1, 0.15) is 0 Å².